The molecule has 2 fully saturated rings. The average Bonchev–Trinajstić information content (AvgIpc) is 3.11. The Balaban J connectivity index is 1.43. The number of likely N-dealkylation sites (tertiary alicyclic amines) is 1. The normalized spacial score (nSPS) is 24.1. The molecule has 4 rings (SSSR count). The number of fused-ring (bicyclic) bond motifs is 1. The lowest BCUT2D eigenvalue weighted by atomic mass is 9.87. The molecule has 2 saturated heterocycles. The maximum absolute atomic E-state index is 12.7. The van der Waals surface area contributed by atoms with Crippen LogP contribution in [0.25, 0.3) is 0 Å². The third-order valence-electron chi connectivity index (χ3n) is 5.61. The predicted molar refractivity (Wildman–Crippen MR) is 97.0 cm³/mol. The lowest BCUT2D eigenvalue weighted by Gasteiger charge is -2.31. The van der Waals surface area contributed by atoms with Crippen LogP contribution >= 0.6 is 11.3 Å². The zero-order chi connectivity index (χ0) is 17.2. The van der Waals surface area contributed by atoms with Crippen molar-refractivity contribution in [2.45, 2.75) is 38.5 Å². The lowest BCUT2D eigenvalue weighted by molar-refractivity contribution is -0.140. The third-order valence-corrected chi connectivity index (χ3v) is 6.83. The quantitative estimate of drug-likeness (QED) is 0.811. The maximum Gasteiger partial charge on any atom is 0.263 e. The summed E-state index contributed by atoms with van der Waals surface area (Å²) in [4.78, 5) is 31.6. The Kier molecular flexibility index (Phi) is 5.08. The molecule has 3 aliphatic rings. The van der Waals surface area contributed by atoms with Crippen molar-refractivity contribution in [1.29, 1.82) is 0 Å². The van der Waals surface area contributed by atoms with Crippen LogP contribution in [-0.4, -0.2) is 61.0 Å². The van der Waals surface area contributed by atoms with Crippen LogP contribution in [0.3, 0.4) is 0 Å². The third kappa shape index (κ3) is 3.60. The molecule has 1 aromatic rings. The summed E-state index contributed by atoms with van der Waals surface area (Å²) in [6.07, 6.45) is 6.08. The van der Waals surface area contributed by atoms with E-state index in [2.05, 4.69) is 6.07 Å². The van der Waals surface area contributed by atoms with Gasteiger partial charge in [0, 0.05) is 37.0 Å². The van der Waals surface area contributed by atoms with Gasteiger partial charge in [0.05, 0.1) is 18.1 Å². The Labute approximate surface area is 152 Å². The second kappa shape index (κ2) is 7.46. The number of morpholine rings is 1. The number of aryl methyl sites for hydroxylation is 1. The van der Waals surface area contributed by atoms with E-state index in [4.69, 9.17) is 4.74 Å². The fourth-order valence-electron chi connectivity index (χ4n) is 4.13. The van der Waals surface area contributed by atoms with Crippen molar-refractivity contribution in [3.05, 3.63) is 21.4 Å². The SMILES string of the molecule is O=C(c1cc2c(s1)CCC(C(=O)N1CCOCC1)C2)N1CCCCC1. The van der Waals surface area contributed by atoms with Crippen molar-refractivity contribution in [3.63, 3.8) is 0 Å². The van der Waals surface area contributed by atoms with Crippen LogP contribution in [0.1, 0.15) is 45.8 Å². The van der Waals surface area contributed by atoms with Crippen molar-refractivity contribution in [1.82, 2.24) is 9.80 Å². The Hall–Kier alpha value is -1.40. The standard InChI is InChI=1S/C19H26N2O3S/c22-18(21-8-10-24-11-9-21)14-4-5-16-15(12-14)13-17(25-16)19(23)20-6-2-1-3-7-20/h13-14H,1-12H2. The molecule has 2 aliphatic heterocycles. The fraction of sp³-hybridized carbons (Fsp3) is 0.684. The van der Waals surface area contributed by atoms with Crippen molar-refractivity contribution >= 4 is 23.2 Å². The number of ether oxygens (including phenoxy) is 1. The van der Waals surface area contributed by atoms with E-state index in [-0.39, 0.29) is 17.7 Å². The number of carbonyl (C=O) groups is 2. The molecule has 0 radical (unpaired) electrons. The van der Waals surface area contributed by atoms with Crippen molar-refractivity contribution in [3.8, 4) is 0 Å². The molecule has 0 saturated carbocycles. The first-order chi connectivity index (χ1) is 12.2. The van der Waals surface area contributed by atoms with E-state index in [0.29, 0.717) is 26.3 Å². The van der Waals surface area contributed by atoms with Gasteiger partial charge in [0.25, 0.3) is 5.91 Å². The number of piperidine rings is 1. The molecular formula is C19H26N2O3S. The fourth-order valence-corrected chi connectivity index (χ4v) is 5.31. The summed E-state index contributed by atoms with van der Waals surface area (Å²) in [5.41, 5.74) is 1.23. The smallest absolute Gasteiger partial charge is 0.263 e. The minimum Gasteiger partial charge on any atom is -0.378 e. The van der Waals surface area contributed by atoms with Gasteiger partial charge in [-0.3, -0.25) is 9.59 Å². The highest BCUT2D eigenvalue weighted by atomic mass is 32.1. The zero-order valence-corrected chi connectivity index (χ0v) is 15.5. The number of nitrogens with zero attached hydrogens (tertiary/aromatic N) is 2. The Morgan fingerprint density at radius 3 is 2.56 bits per heavy atom. The second-order valence-electron chi connectivity index (χ2n) is 7.29. The van der Waals surface area contributed by atoms with Gasteiger partial charge in [0.1, 0.15) is 0 Å². The number of carbonyl (C=O) groups excluding carboxylic acids is 2. The number of hydrogen-bond donors (Lipinski definition) is 0. The molecule has 0 bridgehead atoms. The molecule has 1 aromatic heterocycles. The first-order valence-corrected chi connectivity index (χ1v) is 10.3. The minimum atomic E-state index is 0.0677. The largest absolute Gasteiger partial charge is 0.378 e. The van der Waals surface area contributed by atoms with Crippen LogP contribution in [0.15, 0.2) is 6.07 Å². The molecule has 136 valence electrons. The molecule has 5 nitrogen and oxygen atoms in total. The summed E-state index contributed by atoms with van der Waals surface area (Å²) in [7, 11) is 0. The highest BCUT2D eigenvalue weighted by Gasteiger charge is 2.31. The molecule has 0 spiro atoms. The molecule has 1 aliphatic carbocycles. The van der Waals surface area contributed by atoms with Gasteiger partial charge in [-0.15, -0.1) is 11.3 Å². The van der Waals surface area contributed by atoms with E-state index in [0.717, 1.165) is 50.1 Å². The molecule has 3 heterocycles. The van der Waals surface area contributed by atoms with Crippen molar-refractivity contribution in [2.24, 2.45) is 5.92 Å². The van der Waals surface area contributed by atoms with Gasteiger partial charge < -0.3 is 14.5 Å². The highest BCUT2D eigenvalue weighted by Crippen LogP contribution is 2.34. The monoisotopic (exact) mass is 362 g/mol. The molecule has 1 atom stereocenters. The molecule has 0 N–H and O–H groups in total. The highest BCUT2D eigenvalue weighted by molar-refractivity contribution is 7.14. The summed E-state index contributed by atoms with van der Waals surface area (Å²) in [6, 6.07) is 2.07. The van der Waals surface area contributed by atoms with E-state index >= 15 is 0 Å². The predicted octanol–water partition coefficient (Wildman–Crippen LogP) is 2.34. The molecule has 1 unspecified atom stereocenters. The summed E-state index contributed by atoms with van der Waals surface area (Å²) in [5, 5.41) is 0. The van der Waals surface area contributed by atoms with Gasteiger partial charge in [0.2, 0.25) is 5.91 Å². The van der Waals surface area contributed by atoms with E-state index in [1.807, 2.05) is 9.80 Å². The summed E-state index contributed by atoms with van der Waals surface area (Å²) in [6.45, 7) is 4.50. The lowest BCUT2D eigenvalue weighted by Crippen LogP contribution is -2.44. The number of thiophene rings is 1. The summed E-state index contributed by atoms with van der Waals surface area (Å²) < 4.78 is 5.35. The van der Waals surface area contributed by atoms with Gasteiger partial charge in [0.15, 0.2) is 0 Å². The number of amides is 2. The van der Waals surface area contributed by atoms with Crippen LogP contribution in [0.5, 0.6) is 0 Å². The van der Waals surface area contributed by atoms with E-state index in [1.165, 1.54) is 16.9 Å². The van der Waals surface area contributed by atoms with Gasteiger partial charge in [-0.2, -0.15) is 0 Å². The van der Waals surface area contributed by atoms with Gasteiger partial charge in [-0.25, -0.2) is 0 Å². The van der Waals surface area contributed by atoms with Crippen LogP contribution in [0.4, 0.5) is 0 Å². The van der Waals surface area contributed by atoms with E-state index in [9.17, 15) is 9.59 Å². The van der Waals surface area contributed by atoms with Crippen LogP contribution in [0, 0.1) is 5.92 Å². The first-order valence-electron chi connectivity index (χ1n) is 9.50. The number of rotatable bonds is 2. The van der Waals surface area contributed by atoms with Crippen LogP contribution < -0.4 is 0 Å². The molecule has 2 amide bonds. The maximum atomic E-state index is 12.7. The van der Waals surface area contributed by atoms with E-state index in [1.54, 1.807) is 11.3 Å². The second-order valence-corrected chi connectivity index (χ2v) is 8.43. The van der Waals surface area contributed by atoms with Crippen molar-refractivity contribution in [2.75, 3.05) is 39.4 Å². The molecule has 6 heteroatoms. The number of hydrogen-bond acceptors (Lipinski definition) is 4. The van der Waals surface area contributed by atoms with Gasteiger partial charge >= 0.3 is 0 Å². The van der Waals surface area contributed by atoms with Crippen LogP contribution in [0.2, 0.25) is 0 Å². The zero-order valence-electron chi connectivity index (χ0n) is 14.7. The Morgan fingerprint density at radius 1 is 1.04 bits per heavy atom. The average molecular weight is 362 g/mol. The summed E-state index contributed by atoms with van der Waals surface area (Å²) >= 11 is 1.65. The Morgan fingerprint density at radius 2 is 1.80 bits per heavy atom. The molecule has 25 heavy (non-hydrogen) atoms. The minimum absolute atomic E-state index is 0.0677. The van der Waals surface area contributed by atoms with E-state index < -0.39 is 0 Å². The molecule has 0 aromatic carbocycles. The Bertz CT molecular complexity index is 645. The van der Waals surface area contributed by atoms with Crippen LogP contribution in [-0.2, 0) is 22.4 Å². The molecular weight excluding hydrogens is 336 g/mol. The van der Waals surface area contributed by atoms with Gasteiger partial charge in [-0.1, -0.05) is 0 Å². The summed E-state index contributed by atoms with van der Waals surface area (Å²) in [5.74, 6) is 0.525. The first kappa shape index (κ1) is 17.0. The van der Waals surface area contributed by atoms with Crippen molar-refractivity contribution < 1.29 is 14.3 Å². The topological polar surface area (TPSA) is 49.9 Å². The van der Waals surface area contributed by atoms with Gasteiger partial charge in [-0.05, 0) is 50.2 Å².